The second-order valence-electron chi connectivity index (χ2n) is 14.1. The van der Waals surface area contributed by atoms with Gasteiger partial charge in [-0.05, 0) is 74.7 Å². The van der Waals surface area contributed by atoms with Crippen molar-refractivity contribution in [2.45, 2.75) is 19.3 Å². The first kappa shape index (κ1) is 29.5. The summed E-state index contributed by atoms with van der Waals surface area (Å²) in [5.41, 5.74) is 15.0. The summed E-state index contributed by atoms with van der Waals surface area (Å²) in [6, 6.07) is 63.6. The fourth-order valence-electron chi connectivity index (χ4n) is 8.41. The van der Waals surface area contributed by atoms with Crippen LogP contribution in [0.4, 0.5) is 17.1 Å². The molecule has 1 aliphatic rings. The van der Waals surface area contributed by atoms with E-state index in [-0.39, 0.29) is 5.41 Å². The fraction of sp³-hybridized carbons (Fsp3) is 0.0612. The molecule has 0 N–H and O–H groups in total. The molecule has 0 unspecified atom stereocenters. The summed E-state index contributed by atoms with van der Waals surface area (Å²) < 4.78 is 6.82. The third-order valence-corrected chi connectivity index (χ3v) is 10.9. The van der Waals surface area contributed by atoms with E-state index in [9.17, 15) is 0 Å². The Balaban J connectivity index is 1.33. The molecule has 0 amide bonds. The highest BCUT2D eigenvalue weighted by Crippen LogP contribution is 2.54. The van der Waals surface area contributed by atoms with Crippen LogP contribution in [0, 0.1) is 0 Å². The minimum absolute atomic E-state index is 0.145. The number of hydrogen-bond acceptors (Lipinski definition) is 2. The molecule has 0 bridgehead atoms. The second-order valence-corrected chi connectivity index (χ2v) is 14.1. The molecule has 1 aliphatic carbocycles. The van der Waals surface area contributed by atoms with Gasteiger partial charge in [-0.2, -0.15) is 0 Å². The molecule has 0 saturated heterocycles. The van der Waals surface area contributed by atoms with Gasteiger partial charge in [0.2, 0.25) is 0 Å². The van der Waals surface area contributed by atoms with Crippen LogP contribution in [0.25, 0.3) is 66.1 Å². The predicted molar refractivity (Wildman–Crippen MR) is 214 cm³/mol. The highest BCUT2D eigenvalue weighted by atomic mass is 16.3. The lowest BCUT2D eigenvalue weighted by atomic mass is 9.82. The summed E-state index contributed by atoms with van der Waals surface area (Å²) in [7, 11) is 0. The van der Waals surface area contributed by atoms with Gasteiger partial charge in [0, 0.05) is 33.1 Å². The molecular weight excluding hydrogens is 619 g/mol. The van der Waals surface area contributed by atoms with Crippen molar-refractivity contribution >= 4 is 49.8 Å². The van der Waals surface area contributed by atoms with Gasteiger partial charge >= 0.3 is 0 Å². The van der Waals surface area contributed by atoms with Crippen molar-refractivity contribution in [2.24, 2.45) is 0 Å². The second kappa shape index (κ2) is 11.3. The van der Waals surface area contributed by atoms with Gasteiger partial charge in [0.05, 0.1) is 11.1 Å². The van der Waals surface area contributed by atoms with E-state index >= 15 is 0 Å². The van der Waals surface area contributed by atoms with Crippen molar-refractivity contribution in [1.82, 2.24) is 0 Å². The first-order chi connectivity index (χ1) is 25.1. The van der Waals surface area contributed by atoms with Crippen molar-refractivity contribution in [3.8, 4) is 33.4 Å². The molecule has 1 heterocycles. The van der Waals surface area contributed by atoms with E-state index in [1.807, 2.05) is 0 Å². The topological polar surface area (TPSA) is 16.4 Å². The summed E-state index contributed by atoms with van der Waals surface area (Å²) >= 11 is 0. The van der Waals surface area contributed by atoms with Crippen LogP contribution in [0.15, 0.2) is 180 Å². The molecule has 10 rings (SSSR count). The number of anilines is 3. The van der Waals surface area contributed by atoms with Crippen molar-refractivity contribution in [2.75, 3.05) is 4.90 Å². The SMILES string of the molecule is CC1(C)c2ccccc2-c2ccc(N(c3ccc(-c4ccccc4)cc3)c3c(-c4ccccc4)c4ccccc4c4oc5ccccc5c34)cc21. The molecule has 0 atom stereocenters. The maximum atomic E-state index is 6.82. The number of furan rings is 1. The summed E-state index contributed by atoms with van der Waals surface area (Å²) in [6.45, 7) is 4.71. The zero-order valence-corrected chi connectivity index (χ0v) is 28.6. The van der Waals surface area contributed by atoms with E-state index in [0.717, 1.165) is 55.3 Å². The van der Waals surface area contributed by atoms with E-state index in [1.165, 1.54) is 38.9 Å². The predicted octanol–water partition coefficient (Wildman–Crippen LogP) is 13.8. The first-order valence-corrected chi connectivity index (χ1v) is 17.7. The average molecular weight is 654 g/mol. The van der Waals surface area contributed by atoms with Gasteiger partial charge in [-0.25, -0.2) is 0 Å². The van der Waals surface area contributed by atoms with Crippen LogP contribution in [0.3, 0.4) is 0 Å². The highest BCUT2D eigenvalue weighted by molar-refractivity contribution is 6.27. The Bertz CT molecular complexity index is 2760. The van der Waals surface area contributed by atoms with Crippen LogP contribution in [0.1, 0.15) is 25.0 Å². The van der Waals surface area contributed by atoms with Crippen molar-refractivity contribution in [3.05, 3.63) is 187 Å². The fourth-order valence-corrected chi connectivity index (χ4v) is 8.41. The molecule has 2 heteroatoms. The molecule has 0 radical (unpaired) electrons. The van der Waals surface area contributed by atoms with E-state index in [0.29, 0.717) is 0 Å². The van der Waals surface area contributed by atoms with Crippen LogP contribution in [0.2, 0.25) is 0 Å². The molecule has 8 aromatic carbocycles. The van der Waals surface area contributed by atoms with E-state index in [1.54, 1.807) is 0 Å². The normalized spacial score (nSPS) is 13.1. The number of nitrogens with zero attached hydrogens (tertiary/aromatic N) is 1. The molecule has 51 heavy (non-hydrogen) atoms. The Morgan fingerprint density at radius 2 is 1.02 bits per heavy atom. The molecule has 0 aliphatic heterocycles. The van der Waals surface area contributed by atoms with Gasteiger partial charge in [-0.3, -0.25) is 0 Å². The largest absolute Gasteiger partial charge is 0.455 e. The third-order valence-electron chi connectivity index (χ3n) is 10.9. The number of rotatable bonds is 5. The Hall–Kier alpha value is -6.38. The van der Waals surface area contributed by atoms with Gasteiger partial charge in [0.25, 0.3) is 0 Å². The summed E-state index contributed by atoms with van der Waals surface area (Å²) in [5, 5.41) is 4.48. The van der Waals surface area contributed by atoms with Crippen LogP contribution >= 0.6 is 0 Å². The van der Waals surface area contributed by atoms with Crippen molar-refractivity contribution in [1.29, 1.82) is 0 Å². The van der Waals surface area contributed by atoms with Gasteiger partial charge in [0.15, 0.2) is 0 Å². The Morgan fingerprint density at radius 3 is 1.78 bits per heavy atom. The molecule has 1 aromatic heterocycles. The first-order valence-electron chi connectivity index (χ1n) is 17.7. The molecular formula is C49H35NO. The monoisotopic (exact) mass is 653 g/mol. The molecule has 9 aromatic rings. The number of hydrogen-bond donors (Lipinski definition) is 0. The quantitative estimate of drug-likeness (QED) is 0.184. The lowest BCUT2D eigenvalue weighted by Crippen LogP contribution is -2.17. The molecule has 0 saturated carbocycles. The van der Waals surface area contributed by atoms with Crippen LogP contribution in [-0.2, 0) is 5.41 Å². The Morgan fingerprint density at radius 1 is 0.451 bits per heavy atom. The Kier molecular flexibility index (Phi) is 6.56. The number of fused-ring (bicyclic) bond motifs is 8. The van der Waals surface area contributed by atoms with Gasteiger partial charge in [-0.15, -0.1) is 0 Å². The van der Waals surface area contributed by atoms with E-state index < -0.39 is 0 Å². The molecule has 0 fully saturated rings. The van der Waals surface area contributed by atoms with Gasteiger partial charge in [0.1, 0.15) is 11.2 Å². The summed E-state index contributed by atoms with van der Waals surface area (Å²) in [6.07, 6.45) is 0. The van der Waals surface area contributed by atoms with Crippen LogP contribution < -0.4 is 4.90 Å². The van der Waals surface area contributed by atoms with Crippen LogP contribution in [0.5, 0.6) is 0 Å². The van der Waals surface area contributed by atoms with E-state index in [4.69, 9.17) is 4.42 Å². The third kappa shape index (κ3) is 4.50. The standard InChI is InChI=1S/C49H35NO/c1-49(2)42-23-13-11-19-37(42)38-30-29-36(31-43(38)49)50(35-27-25-33(26-28-35)32-15-5-3-6-16-32)47-45(34-17-7-4-8-18-34)39-20-9-10-21-40(39)48-46(47)41-22-12-14-24-44(41)51-48/h3-31H,1-2H3. The van der Waals surface area contributed by atoms with Crippen molar-refractivity contribution < 1.29 is 4.42 Å². The zero-order valence-electron chi connectivity index (χ0n) is 28.6. The molecule has 242 valence electrons. The summed E-state index contributed by atoms with van der Waals surface area (Å²) in [5.74, 6) is 0. The van der Waals surface area contributed by atoms with Gasteiger partial charge < -0.3 is 9.32 Å². The minimum atomic E-state index is -0.145. The maximum absolute atomic E-state index is 6.82. The number of benzene rings is 8. The lowest BCUT2D eigenvalue weighted by Gasteiger charge is -2.31. The molecule has 2 nitrogen and oxygen atoms in total. The number of para-hydroxylation sites is 1. The maximum Gasteiger partial charge on any atom is 0.145 e. The van der Waals surface area contributed by atoms with Gasteiger partial charge in [-0.1, -0.05) is 159 Å². The van der Waals surface area contributed by atoms with E-state index in [2.05, 4.69) is 195 Å². The molecule has 0 spiro atoms. The Labute approximate surface area is 297 Å². The summed E-state index contributed by atoms with van der Waals surface area (Å²) in [4.78, 5) is 2.48. The lowest BCUT2D eigenvalue weighted by molar-refractivity contribution is 0.660. The zero-order chi connectivity index (χ0) is 34.1. The minimum Gasteiger partial charge on any atom is -0.455 e. The van der Waals surface area contributed by atoms with Crippen molar-refractivity contribution in [3.63, 3.8) is 0 Å². The highest BCUT2D eigenvalue weighted by Gasteiger charge is 2.36. The smallest absolute Gasteiger partial charge is 0.145 e. The average Bonchev–Trinajstić information content (AvgIpc) is 3.69. The van der Waals surface area contributed by atoms with Crippen LogP contribution in [-0.4, -0.2) is 0 Å².